The second kappa shape index (κ2) is 4.77. The molecule has 3 rings (SSSR count). The van der Waals surface area contributed by atoms with E-state index in [0.29, 0.717) is 11.6 Å². The molecule has 1 aliphatic rings. The first-order valence-electron chi connectivity index (χ1n) is 6.88. The molecule has 1 fully saturated rings. The molecule has 1 aromatic heterocycles. The van der Waals surface area contributed by atoms with Crippen molar-refractivity contribution in [1.82, 2.24) is 9.55 Å². The lowest BCUT2D eigenvalue weighted by Crippen LogP contribution is -2.09. The van der Waals surface area contributed by atoms with Crippen molar-refractivity contribution in [1.29, 1.82) is 0 Å². The monoisotopic (exact) mass is 293 g/mol. The van der Waals surface area contributed by atoms with Crippen molar-refractivity contribution in [2.24, 2.45) is 7.05 Å². The maximum Gasteiger partial charge on any atom is 0.229 e. The Hall–Kier alpha value is -1.56. The average molecular weight is 293 g/mol. The molecule has 0 atom stereocenters. The van der Waals surface area contributed by atoms with E-state index in [1.165, 1.54) is 25.7 Å². The third kappa shape index (κ3) is 2.52. The van der Waals surface area contributed by atoms with Crippen LogP contribution >= 0.6 is 0 Å². The Bertz CT molecular complexity index is 743. The fourth-order valence-corrected chi connectivity index (χ4v) is 3.60. The number of hydrogen-bond acceptors (Lipinski definition) is 3. The molecule has 0 unspecified atom stereocenters. The van der Waals surface area contributed by atoms with Crippen molar-refractivity contribution >= 4 is 26.7 Å². The smallest absolute Gasteiger partial charge is 0.229 e. The Balaban J connectivity index is 2.02. The van der Waals surface area contributed by atoms with Crippen LogP contribution in [0.5, 0.6) is 0 Å². The standard InChI is InChI=1S/C14H19N3O2S/c1-17-13-8-7-11(16-20(2,18)19)9-12(13)15-14(17)10-5-3-4-6-10/h7-10,16H,3-6H2,1-2H3. The average Bonchev–Trinajstić information content (AvgIpc) is 2.95. The third-order valence-electron chi connectivity index (χ3n) is 3.94. The van der Waals surface area contributed by atoms with Crippen LogP contribution in [0.15, 0.2) is 18.2 Å². The summed E-state index contributed by atoms with van der Waals surface area (Å²) >= 11 is 0. The minimum Gasteiger partial charge on any atom is -0.331 e. The van der Waals surface area contributed by atoms with Gasteiger partial charge in [-0.25, -0.2) is 13.4 Å². The van der Waals surface area contributed by atoms with Gasteiger partial charge in [0.15, 0.2) is 0 Å². The quantitative estimate of drug-likeness (QED) is 0.946. The predicted molar refractivity (Wildman–Crippen MR) is 80.4 cm³/mol. The second-order valence-electron chi connectivity index (χ2n) is 5.59. The summed E-state index contributed by atoms with van der Waals surface area (Å²) in [6.45, 7) is 0. The summed E-state index contributed by atoms with van der Waals surface area (Å²) < 4.78 is 27.2. The van der Waals surface area contributed by atoms with Gasteiger partial charge in [-0.2, -0.15) is 0 Å². The Morgan fingerprint density at radius 3 is 2.65 bits per heavy atom. The van der Waals surface area contributed by atoms with Gasteiger partial charge in [0.1, 0.15) is 5.82 Å². The van der Waals surface area contributed by atoms with Gasteiger partial charge in [-0.1, -0.05) is 12.8 Å². The number of imidazole rings is 1. The molecule has 1 N–H and O–H groups in total. The van der Waals surface area contributed by atoms with Crippen LogP contribution in [0.3, 0.4) is 0 Å². The number of aromatic nitrogens is 2. The van der Waals surface area contributed by atoms with Crippen molar-refractivity contribution in [3.05, 3.63) is 24.0 Å². The van der Waals surface area contributed by atoms with Gasteiger partial charge in [-0.3, -0.25) is 4.72 Å². The summed E-state index contributed by atoms with van der Waals surface area (Å²) in [5.74, 6) is 1.66. The highest BCUT2D eigenvalue weighted by molar-refractivity contribution is 7.92. The van der Waals surface area contributed by atoms with Crippen molar-refractivity contribution < 1.29 is 8.42 Å². The Kier molecular flexibility index (Phi) is 3.20. The number of hydrogen-bond donors (Lipinski definition) is 1. The number of anilines is 1. The number of nitrogens with one attached hydrogen (secondary N) is 1. The molecule has 1 aliphatic carbocycles. The van der Waals surface area contributed by atoms with Crippen molar-refractivity contribution in [3.8, 4) is 0 Å². The van der Waals surface area contributed by atoms with Crippen molar-refractivity contribution in [2.75, 3.05) is 11.0 Å². The normalized spacial score (nSPS) is 16.9. The van der Waals surface area contributed by atoms with E-state index in [-0.39, 0.29) is 0 Å². The lowest BCUT2D eigenvalue weighted by molar-refractivity contribution is 0.607. The van der Waals surface area contributed by atoms with Gasteiger partial charge < -0.3 is 4.57 Å². The lowest BCUT2D eigenvalue weighted by atomic mass is 10.1. The maximum atomic E-state index is 11.3. The number of sulfonamides is 1. The lowest BCUT2D eigenvalue weighted by Gasteiger charge is -2.08. The summed E-state index contributed by atoms with van der Waals surface area (Å²) in [5, 5.41) is 0. The van der Waals surface area contributed by atoms with Crippen LogP contribution in [0.4, 0.5) is 5.69 Å². The van der Waals surface area contributed by atoms with E-state index in [1.807, 2.05) is 13.1 Å². The fraction of sp³-hybridized carbons (Fsp3) is 0.500. The molecule has 0 bridgehead atoms. The fourth-order valence-electron chi connectivity index (χ4n) is 3.05. The minimum atomic E-state index is -3.25. The molecule has 1 aromatic carbocycles. The zero-order valence-electron chi connectivity index (χ0n) is 11.8. The maximum absolute atomic E-state index is 11.3. The van der Waals surface area contributed by atoms with Gasteiger partial charge in [0.05, 0.1) is 23.0 Å². The van der Waals surface area contributed by atoms with E-state index < -0.39 is 10.0 Å². The first-order chi connectivity index (χ1) is 9.44. The van der Waals surface area contributed by atoms with Gasteiger partial charge in [0.2, 0.25) is 10.0 Å². The molecule has 0 saturated heterocycles. The van der Waals surface area contributed by atoms with Crippen LogP contribution in [-0.2, 0) is 17.1 Å². The van der Waals surface area contributed by atoms with E-state index in [0.717, 1.165) is 23.1 Å². The Labute approximate surface area is 119 Å². The molecule has 0 aliphatic heterocycles. The molecule has 2 aromatic rings. The van der Waals surface area contributed by atoms with E-state index in [4.69, 9.17) is 4.98 Å². The Morgan fingerprint density at radius 2 is 2.00 bits per heavy atom. The highest BCUT2D eigenvalue weighted by Crippen LogP contribution is 2.35. The molecule has 0 radical (unpaired) electrons. The molecular weight excluding hydrogens is 274 g/mol. The molecule has 0 spiro atoms. The number of aryl methyl sites for hydroxylation is 1. The van der Waals surface area contributed by atoms with Crippen LogP contribution in [0.25, 0.3) is 11.0 Å². The highest BCUT2D eigenvalue weighted by Gasteiger charge is 2.22. The van der Waals surface area contributed by atoms with Crippen molar-refractivity contribution in [3.63, 3.8) is 0 Å². The molecular formula is C14H19N3O2S. The molecule has 1 saturated carbocycles. The highest BCUT2D eigenvalue weighted by atomic mass is 32.2. The second-order valence-corrected chi connectivity index (χ2v) is 7.34. The van der Waals surface area contributed by atoms with Crippen LogP contribution in [0, 0.1) is 0 Å². The van der Waals surface area contributed by atoms with Gasteiger partial charge in [0.25, 0.3) is 0 Å². The zero-order valence-corrected chi connectivity index (χ0v) is 12.6. The number of nitrogens with zero attached hydrogens (tertiary/aromatic N) is 2. The topological polar surface area (TPSA) is 64.0 Å². The van der Waals surface area contributed by atoms with E-state index in [9.17, 15) is 8.42 Å². The van der Waals surface area contributed by atoms with Crippen LogP contribution < -0.4 is 4.72 Å². The largest absolute Gasteiger partial charge is 0.331 e. The van der Waals surface area contributed by atoms with Gasteiger partial charge >= 0.3 is 0 Å². The molecule has 0 amide bonds. The Morgan fingerprint density at radius 1 is 1.30 bits per heavy atom. The molecule has 6 heteroatoms. The molecule has 1 heterocycles. The number of benzene rings is 1. The summed E-state index contributed by atoms with van der Waals surface area (Å²) in [5.41, 5.74) is 2.46. The summed E-state index contributed by atoms with van der Waals surface area (Å²) in [6, 6.07) is 5.51. The first-order valence-corrected chi connectivity index (χ1v) is 8.77. The first kappa shape index (κ1) is 13.4. The number of fused-ring (bicyclic) bond motifs is 1. The van der Waals surface area contributed by atoms with Crippen molar-refractivity contribution in [2.45, 2.75) is 31.6 Å². The van der Waals surface area contributed by atoms with Crippen LogP contribution in [0.2, 0.25) is 0 Å². The van der Waals surface area contributed by atoms with Gasteiger partial charge in [-0.05, 0) is 31.0 Å². The number of rotatable bonds is 3. The summed E-state index contributed by atoms with van der Waals surface area (Å²) in [7, 11) is -1.21. The predicted octanol–water partition coefficient (Wildman–Crippen LogP) is 2.60. The molecule has 108 valence electrons. The van der Waals surface area contributed by atoms with E-state index in [2.05, 4.69) is 9.29 Å². The molecule has 20 heavy (non-hydrogen) atoms. The molecule has 5 nitrogen and oxygen atoms in total. The summed E-state index contributed by atoms with van der Waals surface area (Å²) in [4.78, 5) is 4.71. The summed E-state index contributed by atoms with van der Waals surface area (Å²) in [6.07, 6.45) is 6.10. The van der Waals surface area contributed by atoms with Gasteiger partial charge in [0, 0.05) is 13.0 Å². The van der Waals surface area contributed by atoms with E-state index in [1.54, 1.807) is 12.1 Å². The van der Waals surface area contributed by atoms with Gasteiger partial charge in [-0.15, -0.1) is 0 Å². The zero-order chi connectivity index (χ0) is 14.3. The van der Waals surface area contributed by atoms with E-state index >= 15 is 0 Å². The minimum absolute atomic E-state index is 0.540. The van der Waals surface area contributed by atoms with Crippen LogP contribution in [0.1, 0.15) is 37.4 Å². The SMILES string of the molecule is Cn1c(C2CCCC2)nc2cc(NS(C)(=O)=O)ccc21. The van der Waals surface area contributed by atoms with Crippen LogP contribution in [-0.4, -0.2) is 24.2 Å². The third-order valence-corrected chi connectivity index (χ3v) is 4.55.